The number of benzene rings is 1. The molecule has 2 nitrogen and oxygen atoms in total. The number of ether oxygens (including phenoxy) is 2. The topological polar surface area (TPSA) is 18.5 Å². The molecule has 0 spiro atoms. The highest BCUT2D eigenvalue weighted by molar-refractivity contribution is 5.45. The highest BCUT2D eigenvalue weighted by Crippen LogP contribution is 2.39. The lowest BCUT2D eigenvalue weighted by Crippen LogP contribution is -2.15. The Labute approximate surface area is 91.2 Å². The van der Waals surface area contributed by atoms with Crippen LogP contribution in [0.15, 0.2) is 18.2 Å². The molecule has 15 heavy (non-hydrogen) atoms. The summed E-state index contributed by atoms with van der Waals surface area (Å²) >= 11 is 0. The van der Waals surface area contributed by atoms with Gasteiger partial charge >= 0.3 is 0 Å². The number of fused-ring (bicyclic) bond motifs is 1. The van der Waals surface area contributed by atoms with Crippen molar-refractivity contribution in [3.63, 3.8) is 0 Å². The molecule has 2 rings (SSSR count). The molecule has 0 unspecified atom stereocenters. The largest absolute Gasteiger partial charge is 0.454 e. The fourth-order valence-corrected chi connectivity index (χ4v) is 1.68. The van der Waals surface area contributed by atoms with Gasteiger partial charge in [-0.15, -0.1) is 0 Å². The van der Waals surface area contributed by atoms with E-state index in [0.29, 0.717) is 12.7 Å². The van der Waals surface area contributed by atoms with Crippen molar-refractivity contribution in [1.29, 1.82) is 0 Å². The zero-order valence-electron chi connectivity index (χ0n) is 9.83. The molecule has 1 aromatic rings. The van der Waals surface area contributed by atoms with Gasteiger partial charge in [-0.2, -0.15) is 0 Å². The van der Waals surface area contributed by atoms with Crippen LogP contribution in [0.5, 0.6) is 11.5 Å². The Kier molecular flexibility index (Phi) is 2.37. The van der Waals surface area contributed by atoms with Gasteiger partial charge in [-0.25, -0.2) is 0 Å². The minimum Gasteiger partial charge on any atom is -0.454 e. The van der Waals surface area contributed by atoms with Crippen molar-refractivity contribution >= 4 is 0 Å². The second-order valence-electron chi connectivity index (χ2n) is 5.20. The van der Waals surface area contributed by atoms with Crippen molar-refractivity contribution in [3.05, 3.63) is 23.8 Å². The van der Waals surface area contributed by atoms with E-state index >= 15 is 0 Å². The third-order valence-corrected chi connectivity index (χ3v) is 3.20. The SMILES string of the molecule is C[C@@H](c1ccc2c(c1)OCO2)C(C)(C)C. The van der Waals surface area contributed by atoms with Crippen molar-refractivity contribution in [3.8, 4) is 11.5 Å². The molecule has 0 N–H and O–H groups in total. The molecular formula is C13H18O2. The van der Waals surface area contributed by atoms with Crippen molar-refractivity contribution < 1.29 is 9.47 Å². The summed E-state index contributed by atoms with van der Waals surface area (Å²) < 4.78 is 10.7. The third kappa shape index (κ3) is 1.94. The highest BCUT2D eigenvalue weighted by Gasteiger charge is 2.23. The minimum absolute atomic E-state index is 0.272. The lowest BCUT2D eigenvalue weighted by atomic mass is 9.78. The van der Waals surface area contributed by atoms with Gasteiger partial charge < -0.3 is 9.47 Å². The van der Waals surface area contributed by atoms with Crippen LogP contribution in [-0.4, -0.2) is 6.79 Å². The van der Waals surface area contributed by atoms with E-state index in [1.807, 2.05) is 6.07 Å². The van der Waals surface area contributed by atoms with Crippen LogP contribution in [0.4, 0.5) is 0 Å². The number of rotatable bonds is 1. The first-order valence-electron chi connectivity index (χ1n) is 5.38. The molecule has 2 heteroatoms. The molecule has 1 aliphatic rings. The van der Waals surface area contributed by atoms with E-state index in [4.69, 9.17) is 9.47 Å². The Morgan fingerprint density at radius 3 is 2.47 bits per heavy atom. The second-order valence-corrected chi connectivity index (χ2v) is 5.20. The quantitative estimate of drug-likeness (QED) is 0.699. The van der Waals surface area contributed by atoms with E-state index < -0.39 is 0 Å². The second kappa shape index (κ2) is 3.44. The molecule has 1 aromatic carbocycles. The molecule has 1 aliphatic heterocycles. The summed E-state index contributed by atoms with van der Waals surface area (Å²) in [6.07, 6.45) is 0. The maximum absolute atomic E-state index is 5.38. The predicted octanol–water partition coefficient (Wildman–Crippen LogP) is 3.56. The summed E-state index contributed by atoms with van der Waals surface area (Å²) in [7, 11) is 0. The lowest BCUT2D eigenvalue weighted by molar-refractivity contribution is 0.174. The third-order valence-electron chi connectivity index (χ3n) is 3.20. The van der Waals surface area contributed by atoms with E-state index in [-0.39, 0.29) is 5.41 Å². The van der Waals surface area contributed by atoms with Crippen LogP contribution in [0.2, 0.25) is 0 Å². The van der Waals surface area contributed by atoms with Gasteiger partial charge in [0.2, 0.25) is 6.79 Å². The molecule has 0 fully saturated rings. The van der Waals surface area contributed by atoms with Gasteiger partial charge in [0.25, 0.3) is 0 Å². The van der Waals surface area contributed by atoms with E-state index in [1.165, 1.54) is 5.56 Å². The van der Waals surface area contributed by atoms with Crippen molar-refractivity contribution in [1.82, 2.24) is 0 Å². The van der Waals surface area contributed by atoms with E-state index in [0.717, 1.165) is 11.5 Å². The van der Waals surface area contributed by atoms with Crippen LogP contribution in [0.1, 0.15) is 39.2 Å². The van der Waals surface area contributed by atoms with Crippen LogP contribution in [0.25, 0.3) is 0 Å². The molecule has 82 valence electrons. The molecule has 0 saturated heterocycles. The Hall–Kier alpha value is -1.18. The number of hydrogen-bond donors (Lipinski definition) is 0. The predicted molar refractivity (Wildman–Crippen MR) is 60.4 cm³/mol. The fraction of sp³-hybridized carbons (Fsp3) is 0.538. The summed E-state index contributed by atoms with van der Waals surface area (Å²) in [6.45, 7) is 9.35. The Balaban J connectivity index is 2.31. The summed E-state index contributed by atoms with van der Waals surface area (Å²) in [5.41, 5.74) is 1.58. The maximum Gasteiger partial charge on any atom is 0.231 e. The number of hydrogen-bond acceptors (Lipinski definition) is 2. The van der Waals surface area contributed by atoms with Crippen molar-refractivity contribution in [2.75, 3.05) is 6.79 Å². The molecule has 0 saturated carbocycles. The first-order valence-corrected chi connectivity index (χ1v) is 5.38. The molecule has 0 bridgehead atoms. The van der Waals surface area contributed by atoms with Crippen LogP contribution in [0, 0.1) is 5.41 Å². The van der Waals surface area contributed by atoms with E-state index in [1.54, 1.807) is 0 Å². The van der Waals surface area contributed by atoms with Crippen LogP contribution in [0.3, 0.4) is 0 Å². The van der Waals surface area contributed by atoms with Gasteiger partial charge in [0.15, 0.2) is 11.5 Å². The summed E-state index contributed by atoms with van der Waals surface area (Å²) in [6, 6.07) is 6.22. The first-order chi connectivity index (χ1) is 6.98. The summed E-state index contributed by atoms with van der Waals surface area (Å²) in [5.74, 6) is 2.25. The average molecular weight is 206 g/mol. The first kappa shape index (κ1) is 10.3. The van der Waals surface area contributed by atoms with Crippen molar-refractivity contribution in [2.24, 2.45) is 5.41 Å². The highest BCUT2D eigenvalue weighted by atomic mass is 16.7. The Morgan fingerprint density at radius 1 is 1.13 bits per heavy atom. The Morgan fingerprint density at radius 2 is 1.80 bits per heavy atom. The molecule has 1 heterocycles. The normalized spacial score (nSPS) is 16.5. The van der Waals surface area contributed by atoms with Crippen molar-refractivity contribution in [2.45, 2.75) is 33.6 Å². The van der Waals surface area contributed by atoms with Gasteiger partial charge in [0, 0.05) is 0 Å². The van der Waals surface area contributed by atoms with Crippen LogP contribution >= 0.6 is 0 Å². The standard InChI is InChI=1S/C13H18O2/c1-9(13(2,3)4)10-5-6-11-12(7-10)15-8-14-11/h5-7,9H,8H2,1-4H3/t9-/m0/s1. The molecule has 0 aromatic heterocycles. The Bertz CT molecular complexity index is 363. The van der Waals surface area contributed by atoms with Crippen LogP contribution in [-0.2, 0) is 0 Å². The molecular weight excluding hydrogens is 188 g/mol. The monoisotopic (exact) mass is 206 g/mol. The van der Waals surface area contributed by atoms with Gasteiger partial charge in [-0.05, 0) is 29.0 Å². The maximum atomic E-state index is 5.38. The van der Waals surface area contributed by atoms with Crippen LogP contribution < -0.4 is 9.47 Å². The van der Waals surface area contributed by atoms with Gasteiger partial charge in [-0.3, -0.25) is 0 Å². The summed E-state index contributed by atoms with van der Waals surface area (Å²) in [5, 5.41) is 0. The zero-order chi connectivity index (χ0) is 11.1. The average Bonchev–Trinajstić information content (AvgIpc) is 2.61. The molecule has 0 radical (unpaired) electrons. The van der Waals surface area contributed by atoms with Gasteiger partial charge in [0.05, 0.1) is 0 Å². The molecule has 0 aliphatic carbocycles. The molecule has 1 atom stereocenters. The van der Waals surface area contributed by atoms with Gasteiger partial charge in [0.1, 0.15) is 0 Å². The van der Waals surface area contributed by atoms with Gasteiger partial charge in [-0.1, -0.05) is 33.8 Å². The lowest BCUT2D eigenvalue weighted by Gasteiger charge is -2.27. The fourth-order valence-electron chi connectivity index (χ4n) is 1.68. The molecule has 0 amide bonds. The smallest absolute Gasteiger partial charge is 0.231 e. The van der Waals surface area contributed by atoms with E-state index in [2.05, 4.69) is 39.8 Å². The minimum atomic E-state index is 0.272. The zero-order valence-corrected chi connectivity index (χ0v) is 9.83. The summed E-state index contributed by atoms with van der Waals surface area (Å²) in [4.78, 5) is 0. The van der Waals surface area contributed by atoms with E-state index in [9.17, 15) is 0 Å².